The molecule has 0 radical (unpaired) electrons. The van der Waals surface area contributed by atoms with Crippen molar-refractivity contribution >= 4 is 0 Å². The molecule has 3 aromatic rings. The average Bonchev–Trinajstić information content (AvgIpc) is 3.09. The SMILES string of the molecule is N#Cc1c[nH]c(-c2nc(-c3ccoc3)no2)c1. The maximum atomic E-state index is 8.70. The Morgan fingerprint density at radius 1 is 1.41 bits per heavy atom. The second-order valence-corrected chi connectivity index (χ2v) is 3.35. The van der Waals surface area contributed by atoms with E-state index in [1.807, 2.05) is 6.07 Å². The smallest absolute Gasteiger partial charge is 0.274 e. The third-order valence-electron chi connectivity index (χ3n) is 2.25. The van der Waals surface area contributed by atoms with Crippen LogP contribution in [0.25, 0.3) is 23.0 Å². The van der Waals surface area contributed by atoms with Crippen molar-refractivity contribution in [1.82, 2.24) is 15.1 Å². The lowest BCUT2D eigenvalue weighted by molar-refractivity contribution is 0.431. The highest BCUT2D eigenvalue weighted by molar-refractivity contribution is 5.57. The van der Waals surface area contributed by atoms with Crippen molar-refractivity contribution in [3.8, 4) is 29.0 Å². The summed E-state index contributed by atoms with van der Waals surface area (Å²) in [4.78, 5) is 7.08. The molecule has 0 spiro atoms. The van der Waals surface area contributed by atoms with Gasteiger partial charge in [0.2, 0.25) is 5.82 Å². The van der Waals surface area contributed by atoms with Crippen molar-refractivity contribution in [2.24, 2.45) is 0 Å². The first-order valence-corrected chi connectivity index (χ1v) is 4.82. The number of furan rings is 1. The molecule has 17 heavy (non-hydrogen) atoms. The van der Waals surface area contributed by atoms with Gasteiger partial charge in [-0.2, -0.15) is 10.2 Å². The van der Waals surface area contributed by atoms with Gasteiger partial charge in [0.15, 0.2) is 0 Å². The van der Waals surface area contributed by atoms with Crippen LogP contribution in [0.2, 0.25) is 0 Å². The van der Waals surface area contributed by atoms with Crippen molar-refractivity contribution in [2.75, 3.05) is 0 Å². The van der Waals surface area contributed by atoms with E-state index in [9.17, 15) is 0 Å². The van der Waals surface area contributed by atoms with Gasteiger partial charge in [0, 0.05) is 6.20 Å². The molecular weight excluding hydrogens is 220 g/mol. The molecule has 0 bridgehead atoms. The van der Waals surface area contributed by atoms with Gasteiger partial charge < -0.3 is 13.9 Å². The molecule has 6 nitrogen and oxygen atoms in total. The van der Waals surface area contributed by atoms with Gasteiger partial charge in [-0.1, -0.05) is 5.16 Å². The van der Waals surface area contributed by atoms with Crippen LogP contribution in [0.1, 0.15) is 5.56 Å². The van der Waals surface area contributed by atoms with E-state index in [4.69, 9.17) is 14.2 Å². The predicted molar refractivity (Wildman–Crippen MR) is 56.5 cm³/mol. The molecule has 0 saturated heterocycles. The third-order valence-corrected chi connectivity index (χ3v) is 2.25. The number of H-pyrrole nitrogens is 1. The van der Waals surface area contributed by atoms with Crippen LogP contribution in [0.15, 0.2) is 39.8 Å². The van der Waals surface area contributed by atoms with Crippen LogP contribution < -0.4 is 0 Å². The number of aromatic amines is 1. The topological polar surface area (TPSA) is 91.6 Å². The van der Waals surface area contributed by atoms with Crippen molar-refractivity contribution in [1.29, 1.82) is 5.26 Å². The lowest BCUT2D eigenvalue weighted by Gasteiger charge is -1.84. The van der Waals surface area contributed by atoms with Crippen molar-refractivity contribution in [3.05, 3.63) is 36.4 Å². The van der Waals surface area contributed by atoms with Gasteiger partial charge >= 0.3 is 0 Å². The molecule has 0 aliphatic rings. The maximum Gasteiger partial charge on any atom is 0.274 e. The molecule has 3 rings (SSSR count). The van der Waals surface area contributed by atoms with Gasteiger partial charge in [0.05, 0.1) is 17.4 Å². The fraction of sp³-hybridized carbons (Fsp3) is 0. The van der Waals surface area contributed by atoms with Crippen LogP contribution in [0.5, 0.6) is 0 Å². The molecule has 0 unspecified atom stereocenters. The number of nitriles is 1. The van der Waals surface area contributed by atoms with Crippen molar-refractivity contribution in [2.45, 2.75) is 0 Å². The summed E-state index contributed by atoms with van der Waals surface area (Å²) in [6.45, 7) is 0. The first kappa shape index (κ1) is 9.42. The molecular formula is C11H6N4O2. The minimum Gasteiger partial charge on any atom is -0.472 e. The number of hydrogen-bond donors (Lipinski definition) is 1. The number of aromatic nitrogens is 3. The highest BCUT2D eigenvalue weighted by Gasteiger charge is 2.12. The van der Waals surface area contributed by atoms with Crippen molar-refractivity contribution in [3.63, 3.8) is 0 Å². The molecule has 0 aromatic carbocycles. The lowest BCUT2D eigenvalue weighted by atomic mass is 10.3. The fourth-order valence-corrected chi connectivity index (χ4v) is 1.42. The Balaban J connectivity index is 1.98. The first-order chi connectivity index (χ1) is 8.36. The molecule has 0 saturated carbocycles. The van der Waals surface area contributed by atoms with E-state index >= 15 is 0 Å². The summed E-state index contributed by atoms with van der Waals surface area (Å²) in [5.74, 6) is 0.782. The highest BCUT2D eigenvalue weighted by Crippen LogP contribution is 2.21. The summed E-state index contributed by atoms with van der Waals surface area (Å²) in [7, 11) is 0. The third kappa shape index (κ3) is 1.59. The van der Waals surface area contributed by atoms with Gasteiger partial charge in [0.1, 0.15) is 18.0 Å². The zero-order chi connectivity index (χ0) is 11.7. The standard InChI is InChI=1S/C11H6N4O2/c12-4-7-3-9(13-5-7)11-14-10(15-17-11)8-1-2-16-6-8/h1-3,5-6,13H. The minimum absolute atomic E-state index is 0.336. The number of nitrogens with one attached hydrogen (secondary N) is 1. The maximum absolute atomic E-state index is 8.70. The van der Waals surface area contributed by atoms with Gasteiger partial charge in [0.25, 0.3) is 5.89 Å². The Labute approximate surface area is 95.5 Å². The summed E-state index contributed by atoms with van der Waals surface area (Å²) >= 11 is 0. The molecule has 3 heterocycles. The molecule has 82 valence electrons. The number of nitrogens with zero attached hydrogens (tertiary/aromatic N) is 3. The van der Waals surface area contributed by atoms with E-state index in [0.29, 0.717) is 23.0 Å². The van der Waals surface area contributed by atoms with Crippen LogP contribution in [0.3, 0.4) is 0 Å². The second kappa shape index (κ2) is 3.64. The fourth-order valence-electron chi connectivity index (χ4n) is 1.42. The quantitative estimate of drug-likeness (QED) is 0.723. The lowest BCUT2D eigenvalue weighted by Crippen LogP contribution is -1.78. The average molecular weight is 226 g/mol. The Morgan fingerprint density at radius 2 is 2.35 bits per heavy atom. The number of hydrogen-bond acceptors (Lipinski definition) is 5. The number of rotatable bonds is 2. The van der Waals surface area contributed by atoms with E-state index in [2.05, 4.69) is 15.1 Å². The van der Waals surface area contributed by atoms with E-state index in [1.165, 1.54) is 12.5 Å². The zero-order valence-electron chi connectivity index (χ0n) is 8.54. The molecule has 3 aromatic heterocycles. The summed E-state index contributed by atoms with van der Waals surface area (Å²) in [5, 5.41) is 12.5. The van der Waals surface area contributed by atoms with E-state index in [1.54, 1.807) is 18.3 Å². The van der Waals surface area contributed by atoms with Crippen LogP contribution in [-0.2, 0) is 0 Å². The van der Waals surface area contributed by atoms with Gasteiger partial charge in [-0.3, -0.25) is 0 Å². The van der Waals surface area contributed by atoms with E-state index < -0.39 is 0 Å². The molecule has 0 aliphatic heterocycles. The monoisotopic (exact) mass is 226 g/mol. The molecule has 0 aliphatic carbocycles. The first-order valence-electron chi connectivity index (χ1n) is 4.82. The summed E-state index contributed by atoms with van der Waals surface area (Å²) in [6, 6.07) is 5.40. The molecule has 0 atom stereocenters. The Morgan fingerprint density at radius 3 is 3.06 bits per heavy atom. The van der Waals surface area contributed by atoms with Crippen molar-refractivity contribution < 1.29 is 8.94 Å². The second-order valence-electron chi connectivity index (χ2n) is 3.35. The highest BCUT2D eigenvalue weighted by atomic mass is 16.5. The molecule has 1 N–H and O–H groups in total. The molecule has 0 amide bonds. The summed E-state index contributed by atoms with van der Waals surface area (Å²) in [6.07, 6.45) is 4.65. The Bertz CT molecular complexity index is 672. The van der Waals surface area contributed by atoms with Gasteiger partial charge in [-0.05, 0) is 12.1 Å². The molecule has 6 heteroatoms. The minimum atomic E-state index is 0.336. The van der Waals surface area contributed by atoms with E-state index in [0.717, 1.165) is 5.56 Å². The summed E-state index contributed by atoms with van der Waals surface area (Å²) in [5.41, 5.74) is 1.87. The van der Waals surface area contributed by atoms with Crippen LogP contribution in [0, 0.1) is 11.3 Å². The normalized spacial score (nSPS) is 10.3. The zero-order valence-corrected chi connectivity index (χ0v) is 8.54. The predicted octanol–water partition coefficient (Wildman–Crippen LogP) is 2.20. The summed E-state index contributed by atoms with van der Waals surface area (Å²) < 4.78 is 10.0. The van der Waals surface area contributed by atoms with Crippen LogP contribution >= 0.6 is 0 Å². The Hall–Kier alpha value is -2.81. The van der Waals surface area contributed by atoms with Gasteiger partial charge in [-0.25, -0.2) is 0 Å². The van der Waals surface area contributed by atoms with Crippen LogP contribution in [-0.4, -0.2) is 15.1 Å². The molecule has 0 fully saturated rings. The van der Waals surface area contributed by atoms with Crippen LogP contribution in [0.4, 0.5) is 0 Å². The van der Waals surface area contributed by atoms with Gasteiger partial charge in [-0.15, -0.1) is 0 Å². The van der Waals surface area contributed by atoms with E-state index in [-0.39, 0.29) is 0 Å². The Kier molecular flexibility index (Phi) is 2.02. The largest absolute Gasteiger partial charge is 0.472 e.